The third-order valence-electron chi connectivity index (χ3n) is 3.75. The van der Waals surface area contributed by atoms with E-state index in [4.69, 9.17) is 9.47 Å². The third-order valence-corrected chi connectivity index (χ3v) is 3.75. The van der Waals surface area contributed by atoms with E-state index in [1.165, 1.54) is 12.1 Å². The first-order valence-corrected chi connectivity index (χ1v) is 8.45. The molecule has 0 aliphatic carbocycles. The lowest BCUT2D eigenvalue weighted by Gasteiger charge is -2.08. The van der Waals surface area contributed by atoms with Crippen molar-refractivity contribution < 1.29 is 18.7 Å². The van der Waals surface area contributed by atoms with Crippen molar-refractivity contribution in [3.8, 4) is 11.5 Å². The summed E-state index contributed by atoms with van der Waals surface area (Å²) in [5, 5.41) is 2.91. The van der Waals surface area contributed by atoms with Gasteiger partial charge in [-0.05, 0) is 61.2 Å². The highest BCUT2D eigenvalue weighted by Gasteiger charge is 2.03. The van der Waals surface area contributed by atoms with Crippen molar-refractivity contribution in [3.63, 3.8) is 0 Å². The molecule has 0 bridgehead atoms. The minimum absolute atomic E-state index is 0.0438. The quantitative estimate of drug-likeness (QED) is 0.667. The summed E-state index contributed by atoms with van der Waals surface area (Å²) in [6, 6.07) is 13.7. The molecule has 2 rings (SSSR count). The molecule has 0 saturated heterocycles. The number of ether oxygens (including phenoxy) is 2. The Hall–Kier alpha value is -2.56. The molecule has 0 fully saturated rings. The standard InChI is InChI=1S/C20H24FNO3/c1-24-19-6-4-5-16(15-19)7-12-20(23)22-13-2-3-14-25-18-10-8-17(21)9-11-18/h4-6,8-11,15H,2-3,7,12-14H2,1H3,(H,22,23). The molecule has 1 amide bonds. The number of halogens is 1. The third kappa shape index (κ3) is 7.25. The second kappa shape index (κ2) is 10.3. The zero-order valence-electron chi connectivity index (χ0n) is 14.5. The minimum atomic E-state index is -0.274. The topological polar surface area (TPSA) is 47.6 Å². The Bertz CT molecular complexity index is 658. The van der Waals surface area contributed by atoms with Crippen LogP contribution in [0, 0.1) is 5.82 Å². The number of hydrogen-bond acceptors (Lipinski definition) is 3. The molecule has 0 aromatic heterocycles. The van der Waals surface area contributed by atoms with E-state index in [9.17, 15) is 9.18 Å². The summed E-state index contributed by atoms with van der Waals surface area (Å²) in [4.78, 5) is 11.8. The molecule has 0 radical (unpaired) electrons. The second-order valence-electron chi connectivity index (χ2n) is 5.71. The van der Waals surface area contributed by atoms with Crippen LogP contribution >= 0.6 is 0 Å². The van der Waals surface area contributed by atoms with E-state index < -0.39 is 0 Å². The highest BCUT2D eigenvalue weighted by molar-refractivity contribution is 5.76. The van der Waals surface area contributed by atoms with Crippen molar-refractivity contribution in [3.05, 3.63) is 59.9 Å². The van der Waals surface area contributed by atoms with Gasteiger partial charge in [0.25, 0.3) is 0 Å². The molecule has 134 valence electrons. The van der Waals surface area contributed by atoms with Gasteiger partial charge in [0.15, 0.2) is 0 Å². The van der Waals surface area contributed by atoms with Crippen LogP contribution in [-0.4, -0.2) is 26.2 Å². The number of hydrogen-bond donors (Lipinski definition) is 1. The van der Waals surface area contributed by atoms with Crippen LogP contribution in [0.25, 0.3) is 0 Å². The smallest absolute Gasteiger partial charge is 0.220 e. The Morgan fingerprint density at radius 3 is 2.64 bits per heavy atom. The lowest BCUT2D eigenvalue weighted by atomic mass is 10.1. The van der Waals surface area contributed by atoms with E-state index in [2.05, 4.69) is 5.32 Å². The molecule has 0 aliphatic rings. The summed E-state index contributed by atoms with van der Waals surface area (Å²) in [5.74, 6) is 1.23. The van der Waals surface area contributed by atoms with Crippen LogP contribution in [0.5, 0.6) is 11.5 Å². The summed E-state index contributed by atoms with van der Waals surface area (Å²) >= 11 is 0. The fourth-order valence-corrected chi connectivity index (χ4v) is 2.35. The zero-order chi connectivity index (χ0) is 17.9. The number of nitrogens with one attached hydrogen (secondary N) is 1. The number of aryl methyl sites for hydroxylation is 1. The van der Waals surface area contributed by atoms with Gasteiger partial charge in [-0.1, -0.05) is 12.1 Å². The summed E-state index contributed by atoms with van der Waals surface area (Å²) < 4.78 is 23.4. The SMILES string of the molecule is COc1cccc(CCC(=O)NCCCCOc2ccc(F)cc2)c1. The molecule has 0 atom stereocenters. The number of rotatable bonds is 10. The molecule has 5 heteroatoms. The Balaban J connectivity index is 1.54. The number of carbonyl (C=O) groups excluding carboxylic acids is 1. The fourth-order valence-electron chi connectivity index (χ4n) is 2.35. The lowest BCUT2D eigenvalue weighted by Crippen LogP contribution is -2.24. The number of unbranched alkanes of at least 4 members (excludes halogenated alkanes) is 1. The maximum absolute atomic E-state index is 12.8. The predicted octanol–water partition coefficient (Wildman–Crippen LogP) is 3.74. The predicted molar refractivity (Wildman–Crippen MR) is 95.5 cm³/mol. The van der Waals surface area contributed by atoms with Crippen LogP contribution in [0.4, 0.5) is 4.39 Å². The molecule has 1 N–H and O–H groups in total. The van der Waals surface area contributed by atoms with Gasteiger partial charge in [-0.2, -0.15) is 0 Å². The van der Waals surface area contributed by atoms with Crippen LogP contribution in [0.2, 0.25) is 0 Å². The molecular weight excluding hydrogens is 321 g/mol. The van der Waals surface area contributed by atoms with Gasteiger partial charge in [-0.25, -0.2) is 4.39 Å². The highest BCUT2D eigenvalue weighted by atomic mass is 19.1. The van der Waals surface area contributed by atoms with E-state index in [1.807, 2.05) is 24.3 Å². The summed E-state index contributed by atoms with van der Waals surface area (Å²) in [6.45, 7) is 1.18. The Kier molecular flexibility index (Phi) is 7.76. The van der Waals surface area contributed by atoms with E-state index in [0.717, 1.165) is 24.2 Å². The van der Waals surface area contributed by atoms with Crippen LogP contribution < -0.4 is 14.8 Å². The average molecular weight is 345 g/mol. The number of carbonyl (C=O) groups is 1. The molecule has 0 heterocycles. The first-order valence-electron chi connectivity index (χ1n) is 8.45. The first kappa shape index (κ1) is 18.8. The molecule has 2 aromatic rings. The molecule has 0 unspecified atom stereocenters. The number of amides is 1. The number of methoxy groups -OCH3 is 1. The van der Waals surface area contributed by atoms with Crippen LogP contribution in [-0.2, 0) is 11.2 Å². The summed E-state index contributed by atoms with van der Waals surface area (Å²) in [5.41, 5.74) is 1.09. The van der Waals surface area contributed by atoms with Gasteiger partial charge in [0.1, 0.15) is 17.3 Å². The van der Waals surface area contributed by atoms with E-state index in [1.54, 1.807) is 19.2 Å². The van der Waals surface area contributed by atoms with Crippen LogP contribution in [0.3, 0.4) is 0 Å². The van der Waals surface area contributed by atoms with Crippen molar-refractivity contribution >= 4 is 5.91 Å². The van der Waals surface area contributed by atoms with Crippen molar-refractivity contribution in [1.82, 2.24) is 5.32 Å². The van der Waals surface area contributed by atoms with Crippen LogP contribution in [0.1, 0.15) is 24.8 Å². The largest absolute Gasteiger partial charge is 0.497 e. The zero-order valence-corrected chi connectivity index (χ0v) is 14.5. The van der Waals surface area contributed by atoms with E-state index >= 15 is 0 Å². The first-order chi connectivity index (χ1) is 12.2. The maximum Gasteiger partial charge on any atom is 0.220 e. The van der Waals surface area contributed by atoms with Gasteiger partial charge >= 0.3 is 0 Å². The Morgan fingerprint density at radius 2 is 1.88 bits per heavy atom. The van der Waals surface area contributed by atoms with Gasteiger partial charge in [-0.15, -0.1) is 0 Å². The van der Waals surface area contributed by atoms with E-state index in [0.29, 0.717) is 31.7 Å². The van der Waals surface area contributed by atoms with Gasteiger partial charge < -0.3 is 14.8 Å². The summed E-state index contributed by atoms with van der Waals surface area (Å²) in [6.07, 6.45) is 2.82. The minimum Gasteiger partial charge on any atom is -0.497 e. The molecule has 0 spiro atoms. The van der Waals surface area contributed by atoms with Crippen molar-refractivity contribution in [2.45, 2.75) is 25.7 Å². The lowest BCUT2D eigenvalue weighted by molar-refractivity contribution is -0.121. The molecule has 0 aliphatic heterocycles. The second-order valence-corrected chi connectivity index (χ2v) is 5.71. The summed E-state index contributed by atoms with van der Waals surface area (Å²) in [7, 11) is 1.63. The molecule has 2 aromatic carbocycles. The molecule has 4 nitrogen and oxygen atoms in total. The molecular formula is C20H24FNO3. The van der Waals surface area contributed by atoms with Gasteiger partial charge in [0.2, 0.25) is 5.91 Å². The maximum atomic E-state index is 12.8. The van der Waals surface area contributed by atoms with Crippen molar-refractivity contribution in [1.29, 1.82) is 0 Å². The molecule has 0 saturated carbocycles. The average Bonchev–Trinajstić information content (AvgIpc) is 2.64. The normalized spacial score (nSPS) is 10.3. The van der Waals surface area contributed by atoms with E-state index in [-0.39, 0.29) is 11.7 Å². The fraction of sp³-hybridized carbons (Fsp3) is 0.350. The van der Waals surface area contributed by atoms with Gasteiger partial charge in [0.05, 0.1) is 13.7 Å². The Morgan fingerprint density at radius 1 is 1.08 bits per heavy atom. The van der Waals surface area contributed by atoms with Crippen molar-refractivity contribution in [2.75, 3.05) is 20.3 Å². The van der Waals surface area contributed by atoms with Crippen molar-refractivity contribution in [2.24, 2.45) is 0 Å². The highest BCUT2D eigenvalue weighted by Crippen LogP contribution is 2.14. The molecule has 25 heavy (non-hydrogen) atoms. The number of benzene rings is 2. The van der Waals surface area contributed by atoms with Gasteiger partial charge in [0, 0.05) is 13.0 Å². The Labute approximate surface area is 148 Å². The monoisotopic (exact) mass is 345 g/mol. The van der Waals surface area contributed by atoms with Crippen LogP contribution in [0.15, 0.2) is 48.5 Å². The van der Waals surface area contributed by atoms with Gasteiger partial charge in [-0.3, -0.25) is 4.79 Å².